The Labute approximate surface area is 88.3 Å². The van der Waals surface area contributed by atoms with Gasteiger partial charge in [0.1, 0.15) is 6.29 Å². The van der Waals surface area contributed by atoms with Gasteiger partial charge in [-0.1, -0.05) is 15.9 Å². The standard InChI is InChI=1S/C9H8BrFO3/c10-6-4-7(11)9(14)8(13)5(6)2-1-3-12/h3-4,13-14H,1-2H2. The number of halogens is 2. The maximum absolute atomic E-state index is 12.8. The molecule has 0 aromatic heterocycles. The number of carbonyl (C=O) groups is 1. The van der Waals surface area contributed by atoms with Gasteiger partial charge in [-0.2, -0.15) is 0 Å². The Bertz CT molecular complexity index is 366. The van der Waals surface area contributed by atoms with Gasteiger partial charge in [0.05, 0.1) is 0 Å². The Kier molecular flexibility index (Phi) is 3.46. The minimum absolute atomic E-state index is 0.206. The Balaban J connectivity index is 3.15. The van der Waals surface area contributed by atoms with Crippen molar-refractivity contribution in [2.24, 2.45) is 0 Å². The molecule has 0 aliphatic heterocycles. The van der Waals surface area contributed by atoms with E-state index in [4.69, 9.17) is 5.11 Å². The van der Waals surface area contributed by atoms with E-state index in [0.717, 1.165) is 6.07 Å². The molecule has 0 unspecified atom stereocenters. The van der Waals surface area contributed by atoms with Crippen molar-refractivity contribution in [2.45, 2.75) is 12.8 Å². The zero-order valence-corrected chi connectivity index (χ0v) is 8.71. The molecular weight excluding hydrogens is 255 g/mol. The first kappa shape index (κ1) is 11.0. The zero-order chi connectivity index (χ0) is 10.7. The Hall–Kier alpha value is -1.10. The van der Waals surface area contributed by atoms with Gasteiger partial charge in [-0.3, -0.25) is 0 Å². The second-order valence-corrected chi connectivity index (χ2v) is 3.58. The fraction of sp³-hybridized carbons (Fsp3) is 0.222. The highest BCUT2D eigenvalue weighted by Crippen LogP contribution is 2.37. The van der Waals surface area contributed by atoms with Crippen LogP contribution in [0, 0.1) is 5.82 Å². The van der Waals surface area contributed by atoms with Crippen molar-refractivity contribution < 1.29 is 19.4 Å². The first-order valence-corrected chi connectivity index (χ1v) is 4.69. The summed E-state index contributed by atoms with van der Waals surface area (Å²) in [5, 5.41) is 18.4. The number of rotatable bonds is 3. The lowest BCUT2D eigenvalue weighted by atomic mass is 10.1. The van der Waals surface area contributed by atoms with Gasteiger partial charge in [-0.25, -0.2) is 4.39 Å². The molecular formula is C9H8BrFO3. The minimum atomic E-state index is -0.899. The molecule has 1 aromatic carbocycles. The van der Waals surface area contributed by atoms with E-state index in [1.165, 1.54) is 0 Å². The van der Waals surface area contributed by atoms with E-state index >= 15 is 0 Å². The molecule has 0 aliphatic carbocycles. The molecule has 5 heteroatoms. The normalized spacial score (nSPS) is 10.1. The van der Waals surface area contributed by atoms with Crippen LogP contribution in [0.1, 0.15) is 12.0 Å². The van der Waals surface area contributed by atoms with Crippen LogP contribution in [0.4, 0.5) is 4.39 Å². The van der Waals surface area contributed by atoms with E-state index in [1.807, 2.05) is 0 Å². The summed E-state index contributed by atoms with van der Waals surface area (Å²) in [6.07, 6.45) is 1.15. The van der Waals surface area contributed by atoms with Gasteiger partial charge >= 0.3 is 0 Å². The molecule has 3 nitrogen and oxygen atoms in total. The number of benzene rings is 1. The van der Waals surface area contributed by atoms with Crippen molar-refractivity contribution in [2.75, 3.05) is 0 Å². The highest BCUT2D eigenvalue weighted by atomic mass is 79.9. The number of phenols is 2. The molecule has 1 aromatic rings. The van der Waals surface area contributed by atoms with Crippen LogP contribution in [0.2, 0.25) is 0 Å². The molecule has 0 saturated carbocycles. The van der Waals surface area contributed by atoms with Crippen molar-refractivity contribution in [1.29, 1.82) is 0 Å². The summed E-state index contributed by atoms with van der Waals surface area (Å²) in [6.45, 7) is 0. The molecule has 0 aliphatic rings. The molecule has 0 atom stereocenters. The van der Waals surface area contributed by atoms with E-state index in [9.17, 15) is 14.3 Å². The van der Waals surface area contributed by atoms with E-state index in [2.05, 4.69) is 15.9 Å². The van der Waals surface area contributed by atoms with E-state index in [-0.39, 0.29) is 12.8 Å². The number of hydrogen-bond donors (Lipinski definition) is 2. The molecule has 0 radical (unpaired) electrons. The average molecular weight is 263 g/mol. The Morgan fingerprint density at radius 3 is 2.64 bits per heavy atom. The van der Waals surface area contributed by atoms with Gasteiger partial charge in [0.2, 0.25) is 0 Å². The number of hydrogen-bond acceptors (Lipinski definition) is 3. The molecule has 0 heterocycles. The molecule has 0 saturated heterocycles. The van der Waals surface area contributed by atoms with E-state index in [0.29, 0.717) is 16.3 Å². The second-order valence-electron chi connectivity index (χ2n) is 2.72. The van der Waals surface area contributed by atoms with Crippen LogP contribution in [0.3, 0.4) is 0 Å². The molecule has 0 fully saturated rings. The minimum Gasteiger partial charge on any atom is -0.504 e. The molecule has 0 spiro atoms. The lowest BCUT2D eigenvalue weighted by Gasteiger charge is -2.07. The smallest absolute Gasteiger partial charge is 0.194 e. The maximum Gasteiger partial charge on any atom is 0.194 e. The van der Waals surface area contributed by atoms with Crippen LogP contribution in [0.25, 0.3) is 0 Å². The molecule has 2 N–H and O–H groups in total. The summed E-state index contributed by atoms with van der Waals surface area (Å²) in [6, 6.07) is 1.05. The predicted octanol–water partition coefficient (Wildman–Crippen LogP) is 2.13. The summed E-state index contributed by atoms with van der Waals surface area (Å²) in [5.41, 5.74) is 0.330. The van der Waals surface area contributed by atoms with Crippen LogP contribution < -0.4 is 0 Å². The van der Waals surface area contributed by atoms with Gasteiger partial charge in [0.15, 0.2) is 17.3 Å². The summed E-state index contributed by atoms with van der Waals surface area (Å²) in [4.78, 5) is 10.1. The molecule has 0 bridgehead atoms. The number of phenolic OH excluding ortho intramolecular Hbond substituents is 2. The second kappa shape index (κ2) is 4.41. The fourth-order valence-corrected chi connectivity index (χ4v) is 1.66. The third-order valence-corrected chi connectivity index (χ3v) is 2.50. The van der Waals surface area contributed by atoms with Crippen LogP contribution in [-0.2, 0) is 11.2 Å². The van der Waals surface area contributed by atoms with E-state index in [1.54, 1.807) is 0 Å². The first-order valence-electron chi connectivity index (χ1n) is 3.90. The third kappa shape index (κ3) is 2.04. The summed E-state index contributed by atoms with van der Waals surface area (Å²) >= 11 is 3.04. The summed E-state index contributed by atoms with van der Waals surface area (Å²) in [5.74, 6) is -2.20. The molecule has 1 rings (SSSR count). The van der Waals surface area contributed by atoms with Crippen LogP contribution in [-0.4, -0.2) is 16.5 Å². The topological polar surface area (TPSA) is 57.5 Å². The van der Waals surface area contributed by atoms with Crippen molar-refractivity contribution in [3.8, 4) is 11.5 Å². The van der Waals surface area contributed by atoms with Gasteiger partial charge in [-0.05, 0) is 12.5 Å². The summed E-state index contributed by atoms with van der Waals surface area (Å²) < 4.78 is 13.2. The summed E-state index contributed by atoms with van der Waals surface area (Å²) in [7, 11) is 0. The lowest BCUT2D eigenvalue weighted by molar-refractivity contribution is -0.107. The van der Waals surface area contributed by atoms with Crippen molar-refractivity contribution >= 4 is 22.2 Å². The van der Waals surface area contributed by atoms with Gasteiger partial charge in [-0.15, -0.1) is 0 Å². The van der Waals surface area contributed by atoms with E-state index < -0.39 is 17.3 Å². The van der Waals surface area contributed by atoms with Crippen molar-refractivity contribution in [3.05, 3.63) is 21.9 Å². The van der Waals surface area contributed by atoms with Crippen LogP contribution in [0.15, 0.2) is 10.5 Å². The van der Waals surface area contributed by atoms with Crippen LogP contribution in [0.5, 0.6) is 11.5 Å². The number of carbonyl (C=O) groups excluding carboxylic acids is 1. The maximum atomic E-state index is 12.8. The molecule has 76 valence electrons. The van der Waals surface area contributed by atoms with Crippen molar-refractivity contribution in [3.63, 3.8) is 0 Å². The average Bonchev–Trinajstić information content (AvgIpc) is 2.14. The van der Waals surface area contributed by atoms with Crippen LogP contribution >= 0.6 is 15.9 Å². The van der Waals surface area contributed by atoms with Gasteiger partial charge < -0.3 is 15.0 Å². The largest absolute Gasteiger partial charge is 0.504 e. The monoisotopic (exact) mass is 262 g/mol. The quantitative estimate of drug-likeness (QED) is 0.648. The number of aldehydes is 1. The first-order chi connectivity index (χ1) is 6.57. The molecule has 14 heavy (non-hydrogen) atoms. The SMILES string of the molecule is O=CCCc1c(Br)cc(F)c(O)c1O. The predicted molar refractivity (Wildman–Crippen MR) is 51.8 cm³/mol. The Morgan fingerprint density at radius 1 is 1.43 bits per heavy atom. The Morgan fingerprint density at radius 2 is 2.07 bits per heavy atom. The lowest BCUT2D eigenvalue weighted by Crippen LogP contribution is -1.91. The molecule has 0 amide bonds. The van der Waals surface area contributed by atoms with Gasteiger partial charge in [0, 0.05) is 16.5 Å². The highest BCUT2D eigenvalue weighted by Gasteiger charge is 2.15. The van der Waals surface area contributed by atoms with Gasteiger partial charge in [0.25, 0.3) is 0 Å². The number of aromatic hydroxyl groups is 2. The highest BCUT2D eigenvalue weighted by molar-refractivity contribution is 9.10. The zero-order valence-electron chi connectivity index (χ0n) is 7.13. The van der Waals surface area contributed by atoms with Crippen molar-refractivity contribution in [1.82, 2.24) is 0 Å². The third-order valence-electron chi connectivity index (χ3n) is 1.79. The fourth-order valence-electron chi connectivity index (χ4n) is 1.08.